The van der Waals surface area contributed by atoms with E-state index in [1.54, 1.807) is 30.3 Å². The van der Waals surface area contributed by atoms with E-state index in [1.807, 2.05) is 0 Å². The molecule has 0 aliphatic carbocycles. The highest BCUT2D eigenvalue weighted by Gasteiger charge is 2.30. The molecule has 0 unspecified atom stereocenters. The van der Waals surface area contributed by atoms with Crippen LogP contribution in [-0.2, 0) is 24.0 Å². The SMILES string of the molecule is CC(=O)CCc1ccc(OCc2cccc(Oc3ccc(C(F)(F)F)cc3)c2)c(F)c1. The van der Waals surface area contributed by atoms with E-state index in [2.05, 4.69) is 0 Å². The molecular formula is C24H20F4O3. The quantitative estimate of drug-likeness (QED) is 0.370. The first-order chi connectivity index (χ1) is 14.7. The Kier molecular flexibility index (Phi) is 6.95. The van der Waals surface area contributed by atoms with Crippen molar-refractivity contribution < 1.29 is 31.8 Å². The molecule has 7 heteroatoms. The van der Waals surface area contributed by atoms with E-state index >= 15 is 0 Å². The van der Waals surface area contributed by atoms with E-state index in [-0.39, 0.29) is 23.9 Å². The van der Waals surface area contributed by atoms with Gasteiger partial charge in [0.2, 0.25) is 0 Å². The van der Waals surface area contributed by atoms with E-state index in [0.717, 1.165) is 12.1 Å². The number of carbonyl (C=O) groups is 1. The molecule has 0 fully saturated rings. The van der Waals surface area contributed by atoms with Crippen LogP contribution in [0.1, 0.15) is 30.0 Å². The Morgan fingerprint density at radius 2 is 1.65 bits per heavy atom. The van der Waals surface area contributed by atoms with Gasteiger partial charge in [-0.2, -0.15) is 13.2 Å². The molecule has 3 aromatic rings. The smallest absolute Gasteiger partial charge is 0.416 e. The highest BCUT2D eigenvalue weighted by Crippen LogP contribution is 2.31. The van der Waals surface area contributed by atoms with Crippen LogP contribution in [0.15, 0.2) is 66.7 Å². The maximum atomic E-state index is 14.2. The largest absolute Gasteiger partial charge is 0.486 e. The fourth-order valence-electron chi connectivity index (χ4n) is 2.85. The molecule has 3 aromatic carbocycles. The van der Waals surface area contributed by atoms with Crippen LogP contribution >= 0.6 is 0 Å². The zero-order valence-corrected chi connectivity index (χ0v) is 16.7. The molecule has 162 valence electrons. The van der Waals surface area contributed by atoms with E-state index < -0.39 is 17.6 Å². The molecule has 0 saturated carbocycles. The first kappa shape index (κ1) is 22.3. The average molecular weight is 432 g/mol. The summed E-state index contributed by atoms with van der Waals surface area (Å²) < 4.78 is 63.3. The monoisotopic (exact) mass is 432 g/mol. The Bertz CT molecular complexity index is 1040. The second-order valence-electron chi connectivity index (χ2n) is 7.03. The van der Waals surface area contributed by atoms with Crippen molar-refractivity contribution >= 4 is 5.78 Å². The topological polar surface area (TPSA) is 35.5 Å². The molecular weight excluding hydrogens is 412 g/mol. The van der Waals surface area contributed by atoms with Crippen LogP contribution in [0.3, 0.4) is 0 Å². The predicted molar refractivity (Wildman–Crippen MR) is 108 cm³/mol. The molecule has 0 aliphatic heterocycles. The van der Waals surface area contributed by atoms with Crippen LogP contribution in [0, 0.1) is 5.82 Å². The van der Waals surface area contributed by atoms with Gasteiger partial charge in [-0.15, -0.1) is 0 Å². The number of ether oxygens (including phenoxy) is 2. The second-order valence-corrected chi connectivity index (χ2v) is 7.03. The third-order valence-corrected chi connectivity index (χ3v) is 4.47. The van der Waals surface area contributed by atoms with Crippen LogP contribution in [0.5, 0.6) is 17.2 Å². The molecule has 0 bridgehead atoms. The van der Waals surface area contributed by atoms with E-state index in [4.69, 9.17) is 9.47 Å². The van der Waals surface area contributed by atoms with Gasteiger partial charge in [0.05, 0.1) is 5.56 Å². The lowest BCUT2D eigenvalue weighted by molar-refractivity contribution is -0.137. The van der Waals surface area contributed by atoms with Crippen molar-refractivity contribution in [1.82, 2.24) is 0 Å². The number of hydrogen-bond donors (Lipinski definition) is 0. The van der Waals surface area contributed by atoms with Gasteiger partial charge in [-0.1, -0.05) is 18.2 Å². The van der Waals surface area contributed by atoms with Crippen LogP contribution in [0.2, 0.25) is 0 Å². The minimum Gasteiger partial charge on any atom is -0.486 e. The Morgan fingerprint density at radius 1 is 0.903 bits per heavy atom. The minimum absolute atomic E-state index is 0.0409. The fraction of sp³-hybridized carbons (Fsp3) is 0.208. The molecule has 0 aromatic heterocycles. The third kappa shape index (κ3) is 6.57. The summed E-state index contributed by atoms with van der Waals surface area (Å²) in [6.45, 7) is 1.57. The molecule has 0 radical (unpaired) electrons. The van der Waals surface area contributed by atoms with Crippen LogP contribution in [0.25, 0.3) is 0 Å². The van der Waals surface area contributed by atoms with Gasteiger partial charge in [0.1, 0.15) is 23.9 Å². The van der Waals surface area contributed by atoms with Gasteiger partial charge >= 0.3 is 6.18 Å². The summed E-state index contributed by atoms with van der Waals surface area (Å²) in [4.78, 5) is 11.1. The lowest BCUT2D eigenvalue weighted by Crippen LogP contribution is -2.04. The van der Waals surface area contributed by atoms with Gasteiger partial charge < -0.3 is 14.3 Å². The highest BCUT2D eigenvalue weighted by molar-refractivity contribution is 5.75. The van der Waals surface area contributed by atoms with E-state index in [1.165, 1.54) is 31.2 Å². The lowest BCUT2D eigenvalue weighted by Gasteiger charge is -2.11. The van der Waals surface area contributed by atoms with Gasteiger partial charge in [0.25, 0.3) is 0 Å². The molecule has 0 spiro atoms. The number of rotatable bonds is 8. The average Bonchev–Trinajstić information content (AvgIpc) is 2.71. The number of hydrogen-bond acceptors (Lipinski definition) is 3. The molecule has 0 N–H and O–H groups in total. The van der Waals surface area contributed by atoms with Gasteiger partial charge in [-0.3, -0.25) is 0 Å². The number of ketones is 1. The Balaban J connectivity index is 1.61. The van der Waals surface area contributed by atoms with Crippen molar-refractivity contribution in [3.8, 4) is 17.2 Å². The normalized spacial score (nSPS) is 11.3. The summed E-state index contributed by atoms with van der Waals surface area (Å²) in [6.07, 6.45) is -3.59. The molecule has 0 saturated heterocycles. The molecule has 0 heterocycles. The second kappa shape index (κ2) is 9.64. The molecule has 0 atom stereocenters. The molecule has 3 nitrogen and oxygen atoms in total. The van der Waals surface area contributed by atoms with Gasteiger partial charge in [-0.05, 0) is 73.0 Å². The molecule has 0 aliphatic rings. The highest BCUT2D eigenvalue weighted by atomic mass is 19.4. The number of benzene rings is 3. The van der Waals surface area contributed by atoms with Crippen LogP contribution < -0.4 is 9.47 Å². The number of carbonyl (C=O) groups excluding carboxylic acids is 1. The molecule has 31 heavy (non-hydrogen) atoms. The number of Topliss-reactive ketones (excluding diaryl/α,β-unsaturated/α-hetero) is 1. The van der Waals surface area contributed by atoms with Crippen molar-refractivity contribution in [2.75, 3.05) is 0 Å². The minimum atomic E-state index is -4.41. The lowest BCUT2D eigenvalue weighted by atomic mass is 10.1. The standard InChI is InChI=1S/C24H20F4O3/c1-16(29)5-6-17-7-12-23(22(25)14-17)30-15-18-3-2-4-21(13-18)31-20-10-8-19(9-11-20)24(26,27)28/h2-4,7-14H,5-6,15H2,1H3. The summed E-state index contributed by atoms with van der Waals surface area (Å²) in [5.41, 5.74) is 0.660. The summed E-state index contributed by atoms with van der Waals surface area (Å²) in [6, 6.07) is 15.8. The Hall–Kier alpha value is -3.35. The maximum Gasteiger partial charge on any atom is 0.416 e. The Morgan fingerprint density at radius 3 is 2.29 bits per heavy atom. The summed E-state index contributed by atoms with van der Waals surface area (Å²) in [5, 5.41) is 0. The van der Waals surface area contributed by atoms with Crippen LogP contribution in [-0.4, -0.2) is 5.78 Å². The van der Waals surface area contributed by atoms with E-state index in [0.29, 0.717) is 29.7 Å². The first-order valence-corrected chi connectivity index (χ1v) is 9.55. The summed E-state index contributed by atoms with van der Waals surface area (Å²) in [7, 11) is 0. The predicted octanol–water partition coefficient (Wildman–Crippen LogP) is 6.74. The zero-order valence-electron chi connectivity index (χ0n) is 16.7. The van der Waals surface area contributed by atoms with Crippen molar-refractivity contribution in [2.45, 2.75) is 32.5 Å². The maximum absolute atomic E-state index is 14.2. The van der Waals surface area contributed by atoms with Gasteiger partial charge in [-0.25, -0.2) is 4.39 Å². The number of halogens is 4. The molecule has 0 amide bonds. The van der Waals surface area contributed by atoms with Gasteiger partial charge in [0.15, 0.2) is 11.6 Å². The van der Waals surface area contributed by atoms with Gasteiger partial charge in [0, 0.05) is 6.42 Å². The van der Waals surface area contributed by atoms with Crippen LogP contribution in [0.4, 0.5) is 17.6 Å². The first-order valence-electron chi connectivity index (χ1n) is 9.55. The van der Waals surface area contributed by atoms with Crippen molar-refractivity contribution in [3.05, 3.63) is 89.2 Å². The molecule has 3 rings (SSSR count). The Labute approximate surface area is 177 Å². The van der Waals surface area contributed by atoms with E-state index in [9.17, 15) is 22.4 Å². The van der Waals surface area contributed by atoms with Crippen molar-refractivity contribution in [1.29, 1.82) is 0 Å². The van der Waals surface area contributed by atoms with Crippen molar-refractivity contribution in [3.63, 3.8) is 0 Å². The fourth-order valence-corrected chi connectivity index (χ4v) is 2.85. The third-order valence-electron chi connectivity index (χ3n) is 4.47. The number of alkyl halides is 3. The summed E-state index contributed by atoms with van der Waals surface area (Å²) in [5.74, 6) is 0.289. The van der Waals surface area contributed by atoms with Crippen molar-refractivity contribution in [2.24, 2.45) is 0 Å². The number of aryl methyl sites for hydroxylation is 1. The zero-order chi connectivity index (χ0) is 22.4. The summed E-state index contributed by atoms with van der Waals surface area (Å²) >= 11 is 0.